The van der Waals surface area contributed by atoms with Crippen LogP contribution in [-0.4, -0.2) is 82.1 Å². The molecule has 0 bridgehead atoms. The monoisotopic (exact) mass is 468 g/mol. The predicted molar refractivity (Wildman–Crippen MR) is 110 cm³/mol. The zero-order valence-electron chi connectivity index (χ0n) is 17.9. The Morgan fingerprint density at radius 2 is 1.70 bits per heavy atom. The van der Waals surface area contributed by atoms with Gasteiger partial charge in [-0.2, -0.15) is 0 Å². The highest BCUT2D eigenvalue weighted by Gasteiger charge is 2.40. The van der Waals surface area contributed by atoms with Crippen LogP contribution in [0.2, 0.25) is 0 Å². The van der Waals surface area contributed by atoms with Gasteiger partial charge in [0.2, 0.25) is 35.4 Å². The van der Waals surface area contributed by atoms with Crippen molar-refractivity contribution in [3.63, 3.8) is 0 Å². The van der Waals surface area contributed by atoms with Crippen molar-refractivity contribution in [3.8, 4) is 0 Å². The molecule has 0 aromatic heterocycles. The Labute approximate surface area is 188 Å². The standard InChI is InChI=1S/C19H28N6O8/c20-13(26)5-3-10(19(32)33)23-17(30)12-2-1-7-25(12)18(31)11(8-14(21)27)24-16(29)9-4-6-15(28)22-9/h9-12H,1-8H2,(H2,20,26)(H2,21,27)(H,22,28)(H,23,30)(H,24,29)(H,32,33)/t9-,10-,11-,12-/m0/s1. The molecule has 0 unspecified atom stereocenters. The molecular weight excluding hydrogens is 440 g/mol. The van der Waals surface area contributed by atoms with E-state index in [1.165, 1.54) is 0 Å². The third kappa shape index (κ3) is 7.15. The fourth-order valence-electron chi connectivity index (χ4n) is 3.80. The summed E-state index contributed by atoms with van der Waals surface area (Å²) in [6.07, 6.45) is 0.0561. The number of amides is 6. The molecule has 4 atom stereocenters. The number of nitrogens with zero attached hydrogens (tertiary/aromatic N) is 1. The first-order valence-electron chi connectivity index (χ1n) is 10.5. The third-order valence-electron chi connectivity index (χ3n) is 5.46. The van der Waals surface area contributed by atoms with Gasteiger partial charge in [0.15, 0.2) is 0 Å². The van der Waals surface area contributed by atoms with Crippen molar-refractivity contribution < 1.29 is 38.7 Å². The number of nitrogens with two attached hydrogens (primary N) is 2. The molecule has 182 valence electrons. The fourth-order valence-corrected chi connectivity index (χ4v) is 3.80. The maximum Gasteiger partial charge on any atom is 0.326 e. The van der Waals surface area contributed by atoms with E-state index in [1.54, 1.807) is 0 Å². The number of hydrogen-bond donors (Lipinski definition) is 6. The molecule has 14 nitrogen and oxygen atoms in total. The fraction of sp³-hybridized carbons (Fsp3) is 0.632. The zero-order chi connectivity index (χ0) is 24.7. The van der Waals surface area contributed by atoms with Crippen LogP contribution >= 0.6 is 0 Å². The van der Waals surface area contributed by atoms with Crippen LogP contribution < -0.4 is 27.4 Å². The van der Waals surface area contributed by atoms with E-state index in [1.807, 2.05) is 0 Å². The molecule has 2 aliphatic heterocycles. The smallest absolute Gasteiger partial charge is 0.326 e. The Balaban J connectivity index is 2.09. The van der Waals surface area contributed by atoms with Crippen LogP contribution in [0.25, 0.3) is 0 Å². The molecule has 0 saturated carbocycles. The Hall–Kier alpha value is -3.71. The highest BCUT2D eigenvalue weighted by Crippen LogP contribution is 2.20. The number of carbonyl (C=O) groups is 7. The zero-order valence-corrected chi connectivity index (χ0v) is 17.9. The van der Waals surface area contributed by atoms with E-state index in [0.29, 0.717) is 6.42 Å². The maximum absolute atomic E-state index is 13.1. The lowest BCUT2D eigenvalue weighted by molar-refractivity contribution is -0.145. The first kappa shape index (κ1) is 25.5. The molecular formula is C19H28N6O8. The molecule has 0 aromatic carbocycles. The average Bonchev–Trinajstić information content (AvgIpc) is 3.38. The highest BCUT2D eigenvalue weighted by molar-refractivity contribution is 5.98. The maximum atomic E-state index is 13.1. The molecule has 0 radical (unpaired) electrons. The van der Waals surface area contributed by atoms with E-state index in [4.69, 9.17) is 11.5 Å². The van der Waals surface area contributed by atoms with Gasteiger partial charge < -0.3 is 37.4 Å². The number of carbonyl (C=O) groups excluding carboxylic acids is 6. The molecule has 2 fully saturated rings. The summed E-state index contributed by atoms with van der Waals surface area (Å²) in [5.41, 5.74) is 10.2. The number of likely N-dealkylation sites (tertiary alicyclic amines) is 1. The molecule has 2 saturated heterocycles. The Bertz CT molecular complexity index is 846. The molecule has 33 heavy (non-hydrogen) atoms. The normalized spacial score (nSPS) is 21.6. The number of primary amides is 2. The molecule has 14 heteroatoms. The summed E-state index contributed by atoms with van der Waals surface area (Å²) in [4.78, 5) is 84.6. The molecule has 2 heterocycles. The van der Waals surface area contributed by atoms with Crippen molar-refractivity contribution in [1.29, 1.82) is 0 Å². The highest BCUT2D eigenvalue weighted by atomic mass is 16.4. The molecule has 0 aromatic rings. The summed E-state index contributed by atoms with van der Waals surface area (Å²) in [6, 6.07) is -4.62. The van der Waals surface area contributed by atoms with Gasteiger partial charge in [-0.25, -0.2) is 4.79 Å². The predicted octanol–water partition coefficient (Wildman–Crippen LogP) is -3.55. The first-order valence-corrected chi connectivity index (χ1v) is 10.5. The first-order chi connectivity index (χ1) is 15.5. The quantitative estimate of drug-likeness (QED) is 0.177. The molecule has 2 rings (SSSR count). The summed E-state index contributed by atoms with van der Waals surface area (Å²) in [7, 11) is 0. The van der Waals surface area contributed by atoms with Crippen LogP contribution in [0.1, 0.15) is 44.9 Å². The van der Waals surface area contributed by atoms with Crippen molar-refractivity contribution in [3.05, 3.63) is 0 Å². The van der Waals surface area contributed by atoms with E-state index in [-0.39, 0.29) is 44.6 Å². The van der Waals surface area contributed by atoms with E-state index in [2.05, 4.69) is 16.0 Å². The summed E-state index contributed by atoms with van der Waals surface area (Å²) >= 11 is 0. The molecule has 8 N–H and O–H groups in total. The number of nitrogens with one attached hydrogen (secondary N) is 3. The molecule has 0 aliphatic carbocycles. The van der Waals surface area contributed by atoms with Crippen molar-refractivity contribution in [2.45, 2.75) is 69.1 Å². The number of hydrogen-bond acceptors (Lipinski definition) is 7. The van der Waals surface area contributed by atoms with Gasteiger partial charge in [0.05, 0.1) is 6.42 Å². The van der Waals surface area contributed by atoms with Crippen LogP contribution in [0, 0.1) is 0 Å². The lowest BCUT2D eigenvalue weighted by atomic mass is 10.1. The van der Waals surface area contributed by atoms with Crippen molar-refractivity contribution in [2.75, 3.05) is 6.54 Å². The van der Waals surface area contributed by atoms with Crippen LogP contribution in [-0.2, 0) is 33.6 Å². The minimum Gasteiger partial charge on any atom is -0.480 e. The Morgan fingerprint density at radius 1 is 1.03 bits per heavy atom. The molecule has 2 aliphatic rings. The minimum atomic E-state index is -1.38. The lowest BCUT2D eigenvalue weighted by Gasteiger charge is -2.29. The molecule has 6 amide bonds. The van der Waals surface area contributed by atoms with Crippen LogP contribution in [0.3, 0.4) is 0 Å². The van der Waals surface area contributed by atoms with Gasteiger partial charge in [0.25, 0.3) is 0 Å². The topological polar surface area (TPSA) is 231 Å². The second-order valence-corrected chi connectivity index (χ2v) is 7.98. The summed E-state index contributed by atoms with van der Waals surface area (Å²) < 4.78 is 0. The molecule has 0 spiro atoms. The number of carboxylic acid groups (broad SMARTS) is 1. The summed E-state index contributed by atoms with van der Waals surface area (Å²) in [5.74, 6) is -5.39. The Kier molecular flexibility index (Phi) is 8.70. The summed E-state index contributed by atoms with van der Waals surface area (Å²) in [6.45, 7) is 0.140. The number of rotatable bonds is 11. The average molecular weight is 468 g/mol. The van der Waals surface area contributed by atoms with Gasteiger partial charge >= 0.3 is 5.97 Å². The van der Waals surface area contributed by atoms with E-state index in [0.717, 1.165) is 4.90 Å². The van der Waals surface area contributed by atoms with Crippen LogP contribution in [0.5, 0.6) is 0 Å². The largest absolute Gasteiger partial charge is 0.480 e. The van der Waals surface area contributed by atoms with Gasteiger partial charge in [-0.1, -0.05) is 0 Å². The third-order valence-corrected chi connectivity index (χ3v) is 5.46. The van der Waals surface area contributed by atoms with Gasteiger partial charge in [-0.15, -0.1) is 0 Å². The van der Waals surface area contributed by atoms with Gasteiger partial charge in [0.1, 0.15) is 24.2 Å². The van der Waals surface area contributed by atoms with Gasteiger partial charge in [-0.05, 0) is 25.7 Å². The van der Waals surface area contributed by atoms with E-state index >= 15 is 0 Å². The van der Waals surface area contributed by atoms with Crippen molar-refractivity contribution in [2.24, 2.45) is 11.5 Å². The minimum absolute atomic E-state index is 0.140. The van der Waals surface area contributed by atoms with Crippen molar-refractivity contribution >= 4 is 41.4 Å². The lowest BCUT2D eigenvalue weighted by Crippen LogP contribution is -2.57. The van der Waals surface area contributed by atoms with Crippen molar-refractivity contribution in [1.82, 2.24) is 20.9 Å². The summed E-state index contributed by atoms with van der Waals surface area (Å²) in [5, 5.41) is 16.5. The Morgan fingerprint density at radius 3 is 2.24 bits per heavy atom. The van der Waals surface area contributed by atoms with Gasteiger partial charge in [-0.3, -0.25) is 28.8 Å². The van der Waals surface area contributed by atoms with Crippen LogP contribution in [0.15, 0.2) is 0 Å². The second-order valence-electron chi connectivity index (χ2n) is 7.98. The number of carboxylic acids is 1. The second kappa shape index (κ2) is 11.2. The van der Waals surface area contributed by atoms with E-state index in [9.17, 15) is 38.7 Å². The SMILES string of the molecule is NC(=O)CC[C@H](NC(=O)[C@@H]1CCCN1C(=O)[C@H](CC(N)=O)NC(=O)[C@@H]1CCC(=O)N1)C(=O)O. The van der Waals surface area contributed by atoms with Gasteiger partial charge in [0, 0.05) is 19.4 Å². The van der Waals surface area contributed by atoms with Crippen LogP contribution in [0.4, 0.5) is 0 Å². The van der Waals surface area contributed by atoms with E-state index < -0.39 is 66.1 Å². The number of aliphatic carboxylic acids is 1.